The molecule has 1 aromatic heterocycles. The zero-order valence-corrected chi connectivity index (χ0v) is 11.1. The normalized spacial score (nSPS) is 10.4. The second-order valence-corrected chi connectivity index (χ2v) is 4.97. The summed E-state index contributed by atoms with van der Waals surface area (Å²) in [7, 11) is 0. The van der Waals surface area contributed by atoms with Gasteiger partial charge in [-0.2, -0.15) is 0 Å². The number of rotatable bonds is 6. The summed E-state index contributed by atoms with van der Waals surface area (Å²) in [5.41, 5.74) is 6.32. The van der Waals surface area contributed by atoms with Crippen LogP contribution in [0.3, 0.4) is 0 Å². The Labute approximate surface area is 114 Å². The molecule has 0 amide bonds. The van der Waals surface area contributed by atoms with E-state index in [1.807, 2.05) is 17.5 Å². The van der Waals surface area contributed by atoms with Crippen LogP contribution in [0.25, 0.3) is 0 Å². The molecule has 0 fully saturated rings. The molecule has 5 nitrogen and oxygen atoms in total. The molecule has 6 heteroatoms. The molecule has 19 heavy (non-hydrogen) atoms. The van der Waals surface area contributed by atoms with E-state index in [1.54, 1.807) is 23.5 Å². The molecule has 0 spiro atoms. The summed E-state index contributed by atoms with van der Waals surface area (Å²) in [5, 5.41) is 12.9. The van der Waals surface area contributed by atoms with Gasteiger partial charge in [-0.05, 0) is 23.1 Å². The van der Waals surface area contributed by atoms with Gasteiger partial charge >= 0.3 is 5.69 Å². The van der Waals surface area contributed by atoms with Crippen LogP contribution in [-0.2, 0) is 13.0 Å². The minimum Gasteiger partial charge on any atom is -0.486 e. The molecule has 1 aromatic carbocycles. The van der Waals surface area contributed by atoms with E-state index in [4.69, 9.17) is 10.5 Å². The number of nitrogens with two attached hydrogens (primary N) is 1. The summed E-state index contributed by atoms with van der Waals surface area (Å²) in [5.74, 6) is 0.282. The van der Waals surface area contributed by atoms with Crippen LogP contribution in [0.5, 0.6) is 5.75 Å². The molecule has 2 N–H and O–H groups in total. The smallest absolute Gasteiger partial charge is 0.310 e. The number of thiophene rings is 1. The van der Waals surface area contributed by atoms with E-state index in [9.17, 15) is 10.1 Å². The zero-order valence-electron chi connectivity index (χ0n) is 10.2. The fourth-order valence-electron chi connectivity index (χ4n) is 1.67. The first-order valence-corrected chi connectivity index (χ1v) is 6.71. The number of ether oxygens (including phenoxy) is 1. The van der Waals surface area contributed by atoms with E-state index in [-0.39, 0.29) is 11.4 Å². The van der Waals surface area contributed by atoms with Gasteiger partial charge in [0, 0.05) is 23.9 Å². The van der Waals surface area contributed by atoms with Gasteiger partial charge in [0.05, 0.1) is 11.5 Å². The lowest BCUT2D eigenvalue weighted by molar-refractivity contribution is -0.385. The van der Waals surface area contributed by atoms with Crippen LogP contribution in [0.15, 0.2) is 35.7 Å². The zero-order chi connectivity index (χ0) is 13.7. The molecule has 0 aliphatic carbocycles. The number of nitro groups is 1. The molecule has 2 rings (SSSR count). The highest BCUT2D eigenvalue weighted by atomic mass is 32.1. The van der Waals surface area contributed by atoms with Gasteiger partial charge in [0.25, 0.3) is 0 Å². The molecule has 0 radical (unpaired) electrons. The molecule has 0 bridgehead atoms. The average Bonchev–Trinajstić information content (AvgIpc) is 2.91. The first-order valence-electron chi connectivity index (χ1n) is 5.83. The van der Waals surface area contributed by atoms with Crippen molar-refractivity contribution in [3.05, 3.63) is 56.3 Å². The van der Waals surface area contributed by atoms with Gasteiger partial charge in [0.2, 0.25) is 0 Å². The van der Waals surface area contributed by atoms with E-state index in [0.717, 1.165) is 12.0 Å². The van der Waals surface area contributed by atoms with E-state index in [0.29, 0.717) is 13.2 Å². The van der Waals surface area contributed by atoms with Crippen LogP contribution in [0.1, 0.15) is 10.4 Å². The molecule has 100 valence electrons. The number of hydrogen-bond donors (Lipinski definition) is 1. The van der Waals surface area contributed by atoms with Crippen molar-refractivity contribution >= 4 is 17.0 Å². The molecule has 0 atom stereocenters. The Morgan fingerprint density at radius 1 is 1.37 bits per heavy atom. The largest absolute Gasteiger partial charge is 0.486 e. The second-order valence-electron chi connectivity index (χ2n) is 3.94. The Hall–Kier alpha value is -1.92. The van der Waals surface area contributed by atoms with E-state index >= 15 is 0 Å². The predicted molar refractivity (Wildman–Crippen MR) is 74.5 cm³/mol. The van der Waals surface area contributed by atoms with Crippen molar-refractivity contribution in [3.63, 3.8) is 0 Å². The Balaban J connectivity index is 2.06. The van der Waals surface area contributed by atoms with E-state index < -0.39 is 4.92 Å². The molecule has 1 heterocycles. The number of benzene rings is 1. The Bertz CT molecular complexity index is 555. The van der Waals surface area contributed by atoms with Gasteiger partial charge in [-0.3, -0.25) is 10.1 Å². The standard InChI is InChI=1S/C13H14N2O3S/c14-9-10-3-4-12(15(16)17)13(8-10)18-6-5-11-2-1-7-19-11/h1-4,7-8H,5-6,9,14H2. The predicted octanol–water partition coefficient (Wildman–Crippen LogP) is 2.74. The van der Waals surface area contributed by atoms with Crippen molar-refractivity contribution in [1.82, 2.24) is 0 Å². The monoisotopic (exact) mass is 278 g/mol. The minimum absolute atomic E-state index is 0.0246. The Morgan fingerprint density at radius 2 is 2.21 bits per heavy atom. The molecule has 0 unspecified atom stereocenters. The highest BCUT2D eigenvalue weighted by Crippen LogP contribution is 2.28. The van der Waals surface area contributed by atoms with Crippen LogP contribution in [0.4, 0.5) is 5.69 Å². The van der Waals surface area contributed by atoms with Crippen molar-refractivity contribution in [1.29, 1.82) is 0 Å². The molecule has 0 aliphatic rings. The lowest BCUT2D eigenvalue weighted by Crippen LogP contribution is -2.04. The van der Waals surface area contributed by atoms with Crippen molar-refractivity contribution in [2.75, 3.05) is 6.61 Å². The first-order chi connectivity index (χ1) is 9.20. The fourth-order valence-corrected chi connectivity index (χ4v) is 2.36. The van der Waals surface area contributed by atoms with Crippen LogP contribution in [0.2, 0.25) is 0 Å². The Morgan fingerprint density at radius 3 is 2.84 bits per heavy atom. The van der Waals surface area contributed by atoms with Crippen molar-refractivity contribution in [2.45, 2.75) is 13.0 Å². The van der Waals surface area contributed by atoms with Crippen LogP contribution < -0.4 is 10.5 Å². The Kier molecular flexibility index (Phi) is 4.48. The highest BCUT2D eigenvalue weighted by Gasteiger charge is 2.15. The average molecular weight is 278 g/mol. The maximum atomic E-state index is 10.9. The molecule has 0 saturated carbocycles. The molecular formula is C13H14N2O3S. The van der Waals surface area contributed by atoms with Gasteiger partial charge in [0.1, 0.15) is 0 Å². The SMILES string of the molecule is NCc1ccc([N+](=O)[O-])c(OCCc2cccs2)c1. The van der Waals surface area contributed by atoms with Crippen LogP contribution in [-0.4, -0.2) is 11.5 Å². The van der Waals surface area contributed by atoms with Gasteiger partial charge in [-0.25, -0.2) is 0 Å². The maximum absolute atomic E-state index is 10.9. The van der Waals surface area contributed by atoms with Crippen molar-refractivity contribution in [3.8, 4) is 5.75 Å². The summed E-state index contributed by atoms with van der Waals surface area (Å²) < 4.78 is 5.52. The van der Waals surface area contributed by atoms with Gasteiger partial charge < -0.3 is 10.5 Å². The molecule has 2 aromatic rings. The van der Waals surface area contributed by atoms with Crippen molar-refractivity contribution < 1.29 is 9.66 Å². The van der Waals surface area contributed by atoms with E-state index in [1.165, 1.54) is 10.9 Å². The van der Waals surface area contributed by atoms with Gasteiger partial charge in [-0.1, -0.05) is 12.1 Å². The third-order valence-corrected chi connectivity index (χ3v) is 3.58. The minimum atomic E-state index is -0.444. The first kappa shape index (κ1) is 13.5. The van der Waals surface area contributed by atoms with Crippen molar-refractivity contribution in [2.24, 2.45) is 5.73 Å². The number of nitrogens with zero attached hydrogens (tertiary/aromatic N) is 1. The quantitative estimate of drug-likeness (QED) is 0.651. The lowest BCUT2D eigenvalue weighted by Gasteiger charge is -2.07. The van der Waals surface area contributed by atoms with Gasteiger partial charge in [0.15, 0.2) is 5.75 Å². The van der Waals surface area contributed by atoms with Crippen LogP contribution >= 0.6 is 11.3 Å². The summed E-state index contributed by atoms with van der Waals surface area (Å²) >= 11 is 1.64. The number of hydrogen-bond acceptors (Lipinski definition) is 5. The highest BCUT2D eigenvalue weighted by molar-refractivity contribution is 7.09. The lowest BCUT2D eigenvalue weighted by atomic mass is 10.2. The topological polar surface area (TPSA) is 78.4 Å². The summed E-state index contributed by atoms with van der Waals surface area (Å²) in [4.78, 5) is 11.7. The number of nitro benzene ring substituents is 1. The summed E-state index contributed by atoms with van der Waals surface area (Å²) in [6.07, 6.45) is 0.738. The maximum Gasteiger partial charge on any atom is 0.310 e. The third kappa shape index (κ3) is 3.52. The summed E-state index contributed by atoms with van der Waals surface area (Å²) in [6, 6.07) is 8.69. The molecular weight excluding hydrogens is 264 g/mol. The third-order valence-electron chi connectivity index (χ3n) is 2.64. The van der Waals surface area contributed by atoms with Crippen LogP contribution in [0, 0.1) is 10.1 Å². The second kappa shape index (κ2) is 6.31. The fraction of sp³-hybridized carbons (Fsp3) is 0.231. The molecule has 0 saturated heterocycles. The summed E-state index contributed by atoms with van der Waals surface area (Å²) in [6.45, 7) is 0.745. The molecule has 0 aliphatic heterocycles. The van der Waals surface area contributed by atoms with E-state index in [2.05, 4.69) is 0 Å². The van der Waals surface area contributed by atoms with Gasteiger partial charge in [-0.15, -0.1) is 11.3 Å².